The predicted molar refractivity (Wildman–Crippen MR) is 75.4 cm³/mol. The molecule has 1 aromatic heterocycles. The number of likely N-dealkylation sites (tertiary alicyclic amines) is 1. The number of hydrogen-bond donors (Lipinski definition) is 1. The maximum absolute atomic E-state index is 12.5. The fraction of sp³-hybridized carbons (Fsp3) is 0.786. The van der Waals surface area contributed by atoms with Crippen LogP contribution in [0.4, 0.5) is 0 Å². The Hall–Kier alpha value is -1.43. The lowest BCUT2D eigenvalue weighted by Gasteiger charge is -2.27. The third-order valence-corrected chi connectivity index (χ3v) is 4.56. The second-order valence-electron chi connectivity index (χ2n) is 7.00. The van der Waals surface area contributed by atoms with Gasteiger partial charge in [0.05, 0.1) is 12.2 Å². The zero-order chi connectivity index (χ0) is 14.3. The standard InChI is InChI=1S/C14H23N5O/c1-14(2,3)10-4-5-18(8-10)13(20)12-9-19(17-16-12)11-6-15-7-11/h9-11,15H,4-8H2,1-3H3. The number of hydrogen-bond acceptors (Lipinski definition) is 4. The molecule has 1 N–H and O–H groups in total. The minimum Gasteiger partial charge on any atom is -0.337 e. The van der Waals surface area contributed by atoms with Gasteiger partial charge in [0.1, 0.15) is 0 Å². The average molecular weight is 277 g/mol. The van der Waals surface area contributed by atoms with Crippen molar-refractivity contribution in [1.29, 1.82) is 0 Å². The van der Waals surface area contributed by atoms with Crippen molar-refractivity contribution in [2.24, 2.45) is 11.3 Å². The van der Waals surface area contributed by atoms with Crippen LogP contribution >= 0.6 is 0 Å². The second-order valence-corrected chi connectivity index (χ2v) is 7.00. The van der Waals surface area contributed by atoms with Crippen molar-refractivity contribution >= 4 is 5.91 Å². The van der Waals surface area contributed by atoms with Gasteiger partial charge in [-0.2, -0.15) is 0 Å². The summed E-state index contributed by atoms with van der Waals surface area (Å²) >= 11 is 0. The number of carbonyl (C=O) groups excluding carboxylic acids is 1. The van der Waals surface area contributed by atoms with Crippen LogP contribution in [0.2, 0.25) is 0 Å². The van der Waals surface area contributed by atoms with E-state index in [1.165, 1.54) is 0 Å². The zero-order valence-electron chi connectivity index (χ0n) is 12.5. The van der Waals surface area contributed by atoms with E-state index in [0.717, 1.165) is 32.6 Å². The molecule has 110 valence electrons. The average Bonchev–Trinajstić information content (AvgIpc) is 2.93. The Balaban J connectivity index is 1.66. The summed E-state index contributed by atoms with van der Waals surface area (Å²) in [6.45, 7) is 10.2. The van der Waals surface area contributed by atoms with Crippen LogP contribution in [0.5, 0.6) is 0 Å². The van der Waals surface area contributed by atoms with Gasteiger partial charge in [-0.3, -0.25) is 4.79 Å². The number of carbonyl (C=O) groups is 1. The van der Waals surface area contributed by atoms with E-state index in [1.807, 2.05) is 4.90 Å². The maximum Gasteiger partial charge on any atom is 0.276 e. The monoisotopic (exact) mass is 277 g/mol. The van der Waals surface area contributed by atoms with Crippen molar-refractivity contribution in [1.82, 2.24) is 25.2 Å². The van der Waals surface area contributed by atoms with Crippen molar-refractivity contribution in [3.8, 4) is 0 Å². The Labute approximate surface area is 119 Å². The molecule has 2 fully saturated rings. The fourth-order valence-electron chi connectivity index (χ4n) is 2.83. The quantitative estimate of drug-likeness (QED) is 0.873. The summed E-state index contributed by atoms with van der Waals surface area (Å²) in [7, 11) is 0. The van der Waals surface area contributed by atoms with Gasteiger partial charge in [0, 0.05) is 26.2 Å². The van der Waals surface area contributed by atoms with Crippen LogP contribution in [-0.2, 0) is 0 Å². The molecule has 2 aliphatic rings. The van der Waals surface area contributed by atoms with E-state index in [-0.39, 0.29) is 11.3 Å². The van der Waals surface area contributed by atoms with Gasteiger partial charge < -0.3 is 10.2 Å². The van der Waals surface area contributed by atoms with E-state index in [4.69, 9.17) is 0 Å². The first-order valence-corrected chi connectivity index (χ1v) is 7.37. The van der Waals surface area contributed by atoms with Gasteiger partial charge in [0.25, 0.3) is 5.91 Å². The summed E-state index contributed by atoms with van der Waals surface area (Å²) in [6, 6.07) is 0.352. The number of aromatic nitrogens is 3. The lowest BCUT2D eigenvalue weighted by Crippen LogP contribution is -2.43. The van der Waals surface area contributed by atoms with Crippen molar-refractivity contribution in [3.05, 3.63) is 11.9 Å². The number of rotatable bonds is 2. The van der Waals surface area contributed by atoms with Crippen molar-refractivity contribution in [3.63, 3.8) is 0 Å². The van der Waals surface area contributed by atoms with Gasteiger partial charge in [-0.1, -0.05) is 26.0 Å². The molecule has 1 atom stereocenters. The second kappa shape index (κ2) is 4.84. The molecular weight excluding hydrogens is 254 g/mol. The third-order valence-electron chi connectivity index (χ3n) is 4.56. The summed E-state index contributed by atoms with van der Waals surface area (Å²) in [4.78, 5) is 14.4. The van der Waals surface area contributed by atoms with E-state index < -0.39 is 0 Å². The van der Waals surface area contributed by atoms with E-state index in [1.54, 1.807) is 10.9 Å². The highest BCUT2D eigenvalue weighted by Crippen LogP contribution is 2.33. The summed E-state index contributed by atoms with van der Waals surface area (Å²) < 4.78 is 1.81. The van der Waals surface area contributed by atoms with Gasteiger partial charge in [-0.15, -0.1) is 5.10 Å². The Kier molecular flexibility index (Phi) is 3.28. The van der Waals surface area contributed by atoms with E-state index in [2.05, 4.69) is 36.4 Å². The molecule has 0 aromatic carbocycles. The molecule has 1 amide bonds. The Morgan fingerprint density at radius 3 is 2.70 bits per heavy atom. The van der Waals surface area contributed by atoms with Crippen LogP contribution in [0.3, 0.4) is 0 Å². The summed E-state index contributed by atoms with van der Waals surface area (Å²) in [5.41, 5.74) is 0.732. The highest BCUT2D eigenvalue weighted by molar-refractivity contribution is 5.92. The minimum atomic E-state index is 0.0234. The van der Waals surface area contributed by atoms with Crippen LogP contribution in [0.25, 0.3) is 0 Å². The highest BCUT2D eigenvalue weighted by Gasteiger charge is 2.35. The minimum absolute atomic E-state index is 0.0234. The van der Waals surface area contributed by atoms with E-state index in [9.17, 15) is 4.79 Å². The molecule has 2 saturated heterocycles. The lowest BCUT2D eigenvalue weighted by molar-refractivity contribution is 0.0770. The number of nitrogens with zero attached hydrogens (tertiary/aromatic N) is 4. The van der Waals surface area contributed by atoms with Gasteiger partial charge in [-0.05, 0) is 17.8 Å². The lowest BCUT2D eigenvalue weighted by atomic mass is 9.80. The van der Waals surface area contributed by atoms with E-state index in [0.29, 0.717) is 17.7 Å². The molecule has 0 aliphatic carbocycles. The van der Waals surface area contributed by atoms with E-state index >= 15 is 0 Å². The van der Waals surface area contributed by atoms with Gasteiger partial charge in [-0.25, -0.2) is 4.68 Å². The third kappa shape index (κ3) is 2.44. The molecule has 0 radical (unpaired) electrons. The van der Waals surface area contributed by atoms with Gasteiger partial charge in [0.2, 0.25) is 0 Å². The Bertz CT molecular complexity index is 500. The first kappa shape index (κ1) is 13.5. The van der Waals surface area contributed by atoms with Crippen molar-refractivity contribution in [2.45, 2.75) is 33.2 Å². The van der Waals surface area contributed by atoms with Crippen molar-refractivity contribution < 1.29 is 4.79 Å². The summed E-state index contributed by atoms with van der Waals surface area (Å²) in [6.07, 6.45) is 2.87. The highest BCUT2D eigenvalue weighted by atomic mass is 16.2. The maximum atomic E-state index is 12.5. The van der Waals surface area contributed by atoms with Crippen LogP contribution in [0.15, 0.2) is 6.20 Å². The van der Waals surface area contributed by atoms with Crippen LogP contribution in [-0.4, -0.2) is 52.0 Å². The molecule has 2 aliphatic heterocycles. The van der Waals surface area contributed by atoms with Gasteiger partial charge >= 0.3 is 0 Å². The molecule has 0 bridgehead atoms. The van der Waals surface area contributed by atoms with Crippen molar-refractivity contribution in [2.75, 3.05) is 26.2 Å². The fourth-order valence-corrected chi connectivity index (χ4v) is 2.83. The first-order valence-electron chi connectivity index (χ1n) is 7.37. The molecule has 6 heteroatoms. The zero-order valence-corrected chi connectivity index (χ0v) is 12.5. The molecule has 20 heavy (non-hydrogen) atoms. The number of amides is 1. The SMILES string of the molecule is CC(C)(C)C1CCN(C(=O)c2cn(C3CNC3)nn2)C1. The molecule has 6 nitrogen and oxygen atoms in total. The molecule has 1 aromatic rings. The number of nitrogens with one attached hydrogen (secondary N) is 1. The first-order chi connectivity index (χ1) is 9.45. The molecule has 1 unspecified atom stereocenters. The molecular formula is C14H23N5O. The van der Waals surface area contributed by atoms with Gasteiger partial charge in [0.15, 0.2) is 5.69 Å². The van der Waals surface area contributed by atoms with Crippen LogP contribution in [0.1, 0.15) is 43.7 Å². The molecule has 3 heterocycles. The Morgan fingerprint density at radius 2 is 2.15 bits per heavy atom. The molecule has 0 spiro atoms. The normalized spacial score (nSPS) is 23.9. The smallest absolute Gasteiger partial charge is 0.276 e. The predicted octanol–water partition coefficient (Wildman–Crippen LogP) is 0.931. The van der Waals surface area contributed by atoms with Crippen LogP contribution < -0.4 is 5.32 Å². The largest absolute Gasteiger partial charge is 0.337 e. The van der Waals surface area contributed by atoms with Crippen LogP contribution in [0, 0.1) is 11.3 Å². The molecule has 3 rings (SSSR count). The topological polar surface area (TPSA) is 63.1 Å². The summed E-state index contributed by atoms with van der Waals surface area (Å²) in [5.74, 6) is 0.590. The summed E-state index contributed by atoms with van der Waals surface area (Å²) in [5, 5.41) is 11.3. The molecule has 0 saturated carbocycles. The Morgan fingerprint density at radius 1 is 1.40 bits per heavy atom.